The number of anilines is 1. The number of aromatic nitrogens is 2. The van der Waals surface area contributed by atoms with Gasteiger partial charge in [0.25, 0.3) is 10.0 Å². The van der Waals surface area contributed by atoms with Gasteiger partial charge in [0, 0.05) is 16.0 Å². The topological polar surface area (TPSA) is 74.8 Å². The molecule has 0 fully saturated rings. The Morgan fingerprint density at radius 1 is 1.03 bits per heavy atom. The molecule has 0 saturated heterocycles. The molecule has 1 aromatic heterocycles. The van der Waals surface area contributed by atoms with Crippen molar-refractivity contribution in [3.63, 3.8) is 0 Å². The number of hydrogen-bond acceptors (Lipinski definition) is 3. The lowest BCUT2D eigenvalue weighted by atomic mass is 10.1. The smallest absolute Gasteiger partial charge is 0.262 e. The van der Waals surface area contributed by atoms with Gasteiger partial charge in [0.05, 0.1) is 27.9 Å². The predicted octanol–water partition coefficient (Wildman–Crippen LogP) is 4.70. The first-order valence-electron chi connectivity index (χ1n) is 8.55. The molecular formula is C21H12ClF2N3O2S. The van der Waals surface area contributed by atoms with Crippen LogP contribution in [0.2, 0.25) is 5.02 Å². The Morgan fingerprint density at radius 2 is 1.87 bits per heavy atom. The zero-order valence-electron chi connectivity index (χ0n) is 15.1. The molecule has 0 saturated carbocycles. The summed E-state index contributed by atoms with van der Waals surface area (Å²) in [5.74, 6) is 3.11. The molecule has 3 aromatic carbocycles. The quantitative estimate of drug-likeness (QED) is 0.451. The first-order chi connectivity index (χ1) is 14.3. The maximum Gasteiger partial charge on any atom is 0.262 e. The molecule has 5 nitrogen and oxygen atoms in total. The van der Waals surface area contributed by atoms with E-state index in [4.69, 9.17) is 11.6 Å². The third-order valence-electron chi connectivity index (χ3n) is 4.21. The van der Waals surface area contributed by atoms with Crippen LogP contribution in [0.5, 0.6) is 0 Å². The maximum absolute atomic E-state index is 14.9. The number of fused-ring (bicyclic) bond motifs is 1. The van der Waals surface area contributed by atoms with E-state index in [1.165, 1.54) is 24.3 Å². The second-order valence-corrected chi connectivity index (χ2v) is 8.39. The lowest BCUT2D eigenvalue weighted by molar-refractivity contribution is 0.578. The van der Waals surface area contributed by atoms with Crippen molar-refractivity contribution in [2.24, 2.45) is 0 Å². The minimum atomic E-state index is -4.13. The van der Waals surface area contributed by atoms with Crippen LogP contribution in [0.4, 0.5) is 14.5 Å². The molecule has 30 heavy (non-hydrogen) atoms. The van der Waals surface area contributed by atoms with E-state index in [0.717, 1.165) is 23.0 Å². The van der Waals surface area contributed by atoms with E-state index in [2.05, 4.69) is 26.8 Å². The number of halogens is 3. The minimum Gasteiger partial charge on any atom is -0.278 e. The molecular weight excluding hydrogens is 432 g/mol. The fourth-order valence-electron chi connectivity index (χ4n) is 2.74. The van der Waals surface area contributed by atoms with Gasteiger partial charge in [-0.2, -0.15) is 5.10 Å². The summed E-state index contributed by atoms with van der Waals surface area (Å²) in [6, 6.07) is 12.6. The van der Waals surface area contributed by atoms with Crippen molar-refractivity contribution in [1.82, 2.24) is 10.2 Å². The Balaban J connectivity index is 1.69. The number of H-pyrrole nitrogens is 1. The average Bonchev–Trinajstić information content (AvgIpc) is 3.18. The van der Waals surface area contributed by atoms with Crippen LogP contribution in [-0.4, -0.2) is 18.6 Å². The maximum atomic E-state index is 14.9. The average molecular weight is 444 g/mol. The minimum absolute atomic E-state index is 0.153. The van der Waals surface area contributed by atoms with E-state index in [9.17, 15) is 17.2 Å². The lowest BCUT2D eigenvalue weighted by Crippen LogP contribution is -2.14. The molecule has 0 unspecified atom stereocenters. The molecule has 2 N–H and O–H groups in total. The molecule has 0 atom stereocenters. The highest BCUT2D eigenvalue weighted by molar-refractivity contribution is 7.92. The van der Waals surface area contributed by atoms with Gasteiger partial charge in [-0.25, -0.2) is 17.2 Å². The summed E-state index contributed by atoms with van der Waals surface area (Å²) >= 11 is 5.82. The molecule has 0 amide bonds. The fourth-order valence-corrected chi connectivity index (χ4v) is 4.10. The molecule has 4 aromatic rings. The van der Waals surface area contributed by atoms with E-state index >= 15 is 0 Å². The second kappa shape index (κ2) is 7.78. The number of nitrogens with one attached hydrogen (secondary N) is 2. The van der Waals surface area contributed by atoms with E-state index in [0.29, 0.717) is 5.56 Å². The highest BCUT2D eigenvalue weighted by Crippen LogP contribution is 2.25. The van der Waals surface area contributed by atoms with Gasteiger partial charge in [0.2, 0.25) is 0 Å². The van der Waals surface area contributed by atoms with Gasteiger partial charge < -0.3 is 0 Å². The van der Waals surface area contributed by atoms with Crippen LogP contribution in [0.15, 0.2) is 65.7 Å². The third-order valence-corrected chi connectivity index (χ3v) is 5.81. The largest absolute Gasteiger partial charge is 0.278 e. The monoisotopic (exact) mass is 443 g/mol. The fraction of sp³-hybridized carbons (Fsp3) is 0. The van der Waals surface area contributed by atoms with Crippen molar-refractivity contribution < 1.29 is 17.2 Å². The lowest BCUT2D eigenvalue weighted by Gasteiger charge is -2.10. The Morgan fingerprint density at radius 3 is 2.67 bits per heavy atom. The van der Waals surface area contributed by atoms with E-state index < -0.39 is 32.9 Å². The number of benzene rings is 3. The van der Waals surface area contributed by atoms with Crippen LogP contribution in [-0.2, 0) is 10.0 Å². The van der Waals surface area contributed by atoms with Crippen molar-refractivity contribution in [3.8, 4) is 11.8 Å². The van der Waals surface area contributed by atoms with Crippen LogP contribution >= 0.6 is 11.6 Å². The number of hydrogen-bond donors (Lipinski definition) is 2. The van der Waals surface area contributed by atoms with Crippen molar-refractivity contribution in [2.45, 2.75) is 4.90 Å². The van der Waals surface area contributed by atoms with Crippen molar-refractivity contribution in [2.75, 3.05) is 4.72 Å². The standard InChI is InChI=1S/C21H12ClF2N3O2S/c22-15-2-1-3-16(11-15)30(28,29)27-20-9-7-18(23)17(21(20)24)6-4-13-5-8-19-14(10-13)12-25-26-19/h1-3,5,7-12,27H,(H,25,26). The summed E-state index contributed by atoms with van der Waals surface area (Å²) in [5.41, 5.74) is 0.350. The molecule has 0 aliphatic carbocycles. The first-order valence-corrected chi connectivity index (χ1v) is 10.4. The third kappa shape index (κ3) is 3.99. The molecule has 1 heterocycles. The highest BCUT2D eigenvalue weighted by atomic mass is 35.5. The van der Waals surface area contributed by atoms with Gasteiger partial charge >= 0.3 is 0 Å². The SMILES string of the molecule is O=S(=O)(Nc1ccc(F)c(C#Cc2ccc3[nH]ncc3c2)c1F)c1cccc(Cl)c1. The van der Waals surface area contributed by atoms with E-state index in [-0.39, 0.29) is 9.92 Å². The number of sulfonamides is 1. The number of nitrogens with zero attached hydrogens (tertiary/aromatic N) is 1. The zero-order valence-corrected chi connectivity index (χ0v) is 16.7. The summed E-state index contributed by atoms with van der Waals surface area (Å²) in [6.07, 6.45) is 1.60. The van der Waals surface area contributed by atoms with Crippen LogP contribution in [0.3, 0.4) is 0 Å². The van der Waals surface area contributed by atoms with Gasteiger partial charge in [-0.3, -0.25) is 9.82 Å². The molecule has 4 rings (SSSR count). The summed E-state index contributed by atoms with van der Waals surface area (Å²) in [4.78, 5) is -0.153. The summed E-state index contributed by atoms with van der Waals surface area (Å²) in [7, 11) is -4.13. The van der Waals surface area contributed by atoms with Crippen LogP contribution in [0.1, 0.15) is 11.1 Å². The van der Waals surface area contributed by atoms with Gasteiger partial charge in [0.1, 0.15) is 5.82 Å². The molecule has 0 aliphatic rings. The summed E-state index contributed by atoms with van der Waals surface area (Å²) in [5, 5.41) is 7.70. The van der Waals surface area contributed by atoms with E-state index in [1.54, 1.807) is 24.4 Å². The summed E-state index contributed by atoms with van der Waals surface area (Å²) < 4.78 is 56.2. The van der Waals surface area contributed by atoms with Gasteiger partial charge in [0.15, 0.2) is 5.82 Å². The van der Waals surface area contributed by atoms with Gasteiger partial charge in [-0.1, -0.05) is 29.5 Å². The molecule has 0 radical (unpaired) electrons. The summed E-state index contributed by atoms with van der Waals surface area (Å²) in [6.45, 7) is 0. The van der Waals surface area contributed by atoms with Crippen LogP contribution in [0.25, 0.3) is 10.9 Å². The van der Waals surface area contributed by atoms with Crippen LogP contribution < -0.4 is 4.72 Å². The number of rotatable bonds is 3. The van der Waals surface area contributed by atoms with Gasteiger partial charge in [-0.05, 0) is 48.5 Å². The molecule has 0 bridgehead atoms. The Hall–Kier alpha value is -3.41. The second-order valence-electron chi connectivity index (χ2n) is 6.27. The Labute approximate surface area is 175 Å². The van der Waals surface area contributed by atoms with Gasteiger partial charge in [-0.15, -0.1) is 0 Å². The van der Waals surface area contributed by atoms with Crippen molar-refractivity contribution in [3.05, 3.63) is 88.6 Å². The van der Waals surface area contributed by atoms with Crippen LogP contribution in [0, 0.1) is 23.5 Å². The predicted molar refractivity (Wildman–Crippen MR) is 111 cm³/mol. The Bertz CT molecular complexity index is 1440. The zero-order chi connectivity index (χ0) is 21.3. The molecule has 0 spiro atoms. The first kappa shape index (κ1) is 19.9. The van der Waals surface area contributed by atoms with Crippen molar-refractivity contribution in [1.29, 1.82) is 0 Å². The Kier molecular flexibility index (Phi) is 5.16. The molecule has 9 heteroatoms. The molecule has 150 valence electrons. The normalized spacial score (nSPS) is 11.2. The highest BCUT2D eigenvalue weighted by Gasteiger charge is 2.19. The number of aromatic amines is 1. The molecule has 0 aliphatic heterocycles. The van der Waals surface area contributed by atoms with E-state index in [1.807, 2.05) is 0 Å². The van der Waals surface area contributed by atoms with Crippen molar-refractivity contribution >= 4 is 38.2 Å².